The van der Waals surface area contributed by atoms with Crippen LogP contribution in [0.3, 0.4) is 0 Å². The SMILES string of the molecule is COC(=O)C1(CS(=O)(=O)c2ccc(Oc3ccc(Cl)cc3)cc2)CCOCC1. The summed E-state index contributed by atoms with van der Waals surface area (Å²) in [5.41, 5.74) is -1.08. The highest BCUT2D eigenvalue weighted by atomic mass is 35.5. The number of methoxy groups -OCH3 is 1. The van der Waals surface area contributed by atoms with Crippen LogP contribution in [0.5, 0.6) is 11.5 Å². The highest BCUT2D eigenvalue weighted by Gasteiger charge is 2.45. The molecule has 1 fully saturated rings. The summed E-state index contributed by atoms with van der Waals surface area (Å²) >= 11 is 5.85. The van der Waals surface area contributed by atoms with Crippen LogP contribution in [0.2, 0.25) is 5.02 Å². The summed E-state index contributed by atoms with van der Waals surface area (Å²) in [4.78, 5) is 12.4. The standard InChI is InChI=1S/C20H21ClO6S/c1-25-19(22)20(10-12-26-13-11-20)14-28(23,24)18-8-6-17(7-9-18)27-16-4-2-15(21)3-5-16/h2-9H,10-14H2,1H3. The Kier molecular flexibility index (Phi) is 6.27. The number of hydrogen-bond donors (Lipinski definition) is 0. The van der Waals surface area contributed by atoms with Gasteiger partial charge in [-0.1, -0.05) is 11.6 Å². The molecule has 0 aliphatic carbocycles. The van der Waals surface area contributed by atoms with Crippen molar-refractivity contribution in [3.05, 3.63) is 53.6 Å². The van der Waals surface area contributed by atoms with Crippen molar-refractivity contribution in [2.45, 2.75) is 17.7 Å². The molecule has 3 rings (SSSR count). The third-order valence-electron chi connectivity index (χ3n) is 4.77. The molecule has 0 amide bonds. The van der Waals surface area contributed by atoms with E-state index < -0.39 is 21.2 Å². The van der Waals surface area contributed by atoms with Gasteiger partial charge in [-0.05, 0) is 61.4 Å². The third kappa shape index (κ3) is 4.66. The first-order valence-electron chi connectivity index (χ1n) is 8.77. The van der Waals surface area contributed by atoms with Crippen LogP contribution in [0.4, 0.5) is 0 Å². The number of sulfone groups is 1. The van der Waals surface area contributed by atoms with Gasteiger partial charge in [-0.25, -0.2) is 8.42 Å². The van der Waals surface area contributed by atoms with Gasteiger partial charge < -0.3 is 14.2 Å². The van der Waals surface area contributed by atoms with Crippen molar-refractivity contribution in [2.24, 2.45) is 5.41 Å². The predicted octanol–water partition coefficient (Wildman–Crippen LogP) is 3.88. The summed E-state index contributed by atoms with van der Waals surface area (Å²) in [6, 6.07) is 13.0. The van der Waals surface area contributed by atoms with Gasteiger partial charge in [0, 0.05) is 18.2 Å². The Balaban J connectivity index is 1.77. The monoisotopic (exact) mass is 424 g/mol. The molecule has 0 unspecified atom stereocenters. The summed E-state index contributed by atoms with van der Waals surface area (Å²) in [6.45, 7) is 0.664. The van der Waals surface area contributed by atoms with E-state index in [2.05, 4.69) is 0 Å². The van der Waals surface area contributed by atoms with Crippen LogP contribution in [0.15, 0.2) is 53.4 Å². The minimum atomic E-state index is -3.70. The minimum Gasteiger partial charge on any atom is -0.469 e. The van der Waals surface area contributed by atoms with E-state index in [1.54, 1.807) is 36.4 Å². The van der Waals surface area contributed by atoms with E-state index in [1.807, 2.05) is 0 Å². The Morgan fingerprint density at radius 3 is 2.11 bits per heavy atom. The van der Waals surface area contributed by atoms with Crippen LogP contribution >= 0.6 is 11.6 Å². The van der Waals surface area contributed by atoms with E-state index in [4.69, 9.17) is 25.8 Å². The first kappa shape index (κ1) is 20.6. The lowest BCUT2D eigenvalue weighted by atomic mass is 9.82. The molecule has 6 nitrogen and oxygen atoms in total. The highest BCUT2D eigenvalue weighted by molar-refractivity contribution is 7.91. The first-order chi connectivity index (χ1) is 13.3. The summed E-state index contributed by atoms with van der Waals surface area (Å²) in [7, 11) is -2.43. The van der Waals surface area contributed by atoms with Crippen LogP contribution in [-0.2, 0) is 24.1 Å². The third-order valence-corrected chi connectivity index (χ3v) is 6.94. The minimum absolute atomic E-state index is 0.130. The number of esters is 1. The number of halogens is 1. The fourth-order valence-electron chi connectivity index (χ4n) is 3.19. The van der Waals surface area contributed by atoms with Crippen LogP contribution in [0, 0.1) is 5.41 Å². The molecule has 0 radical (unpaired) electrons. The first-order valence-corrected chi connectivity index (χ1v) is 10.8. The summed E-state index contributed by atoms with van der Waals surface area (Å²) < 4.78 is 41.7. The molecule has 2 aromatic rings. The quantitative estimate of drug-likeness (QED) is 0.655. The second-order valence-electron chi connectivity index (χ2n) is 6.67. The number of rotatable bonds is 6. The molecule has 2 aromatic carbocycles. The molecule has 150 valence electrons. The molecule has 28 heavy (non-hydrogen) atoms. The Labute approximate surface area is 169 Å². The summed E-state index contributed by atoms with van der Waals surface area (Å²) in [5.74, 6) is 0.261. The predicted molar refractivity (Wildman–Crippen MR) is 105 cm³/mol. The Bertz CT molecular complexity index is 916. The van der Waals surface area contributed by atoms with Gasteiger partial charge in [-0.2, -0.15) is 0 Å². The van der Waals surface area contributed by atoms with E-state index in [9.17, 15) is 13.2 Å². The van der Waals surface area contributed by atoms with Crippen molar-refractivity contribution in [3.63, 3.8) is 0 Å². The highest BCUT2D eigenvalue weighted by Crippen LogP contribution is 2.35. The summed E-state index contributed by atoms with van der Waals surface area (Å²) in [5, 5.41) is 0.599. The zero-order valence-electron chi connectivity index (χ0n) is 15.4. The molecule has 0 atom stereocenters. The second-order valence-corrected chi connectivity index (χ2v) is 9.10. The molecule has 8 heteroatoms. The fraction of sp³-hybridized carbons (Fsp3) is 0.350. The van der Waals surface area contributed by atoms with Crippen molar-refractivity contribution >= 4 is 27.4 Å². The largest absolute Gasteiger partial charge is 0.469 e. The average Bonchev–Trinajstić information content (AvgIpc) is 2.70. The number of benzene rings is 2. The molecule has 1 aliphatic rings. The van der Waals surface area contributed by atoms with Gasteiger partial charge in [-0.15, -0.1) is 0 Å². The van der Waals surface area contributed by atoms with Gasteiger partial charge in [0.2, 0.25) is 0 Å². The second kappa shape index (κ2) is 8.51. The number of carbonyl (C=O) groups is 1. The summed E-state index contributed by atoms with van der Waals surface area (Å²) in [6.07, 6.45) is 0.632. The van der Waals surface area contributed by atoms with Gasteiger partial charge in [0.25, 0.3) is 0 Å². The molecular weight excluding hydrogens is 404 g/mol. The molecule has 0 N–H and O–H groups in total. The smallest absolute Gasteiger partial charge is 0.313 e. The lowest BCUT2D eigenvalue weighted by molar-refractivity contribution is -0.156. The maximum absolute atomic E-state index is 12.9. The maximum Gasteiger partial charge on any atom is 0.313 e. The normalized spacial score (nSPS) is 16.4. The van der Waals surface area contributed by atoms with Gasteiger partial charge in [0.15, 0.2) is 9.84 Å². The Morgan fingerprint density at radius 2 is 1.57 bits per heavy atom. The van der Waals surface area contributed by atoms with Gasteiger partial charge >= 0.3 is 5.97 Å². The Hall–Kier alpha value is -2.09. The van der Waals surface area contributed by atoms with Crippen LogP contribution in [-0.4, -0.2) is 40.5 Å². The van der Waals surface area contributed by atoms with E-state index in [0.29, 0.717) is 42.6 Å². The average molecular weight is 425 g/mol. The maximum atomic E-state index is 12.9. The van der Waals surface area contributed by atoms with Gasteiger partial charge in [0.1, 0.15) is 11.5 Å². The zero-order valence-corrected chi connectivity index (χ0v) is 17.0. The van der Waals surface area contributed by atoms with E-state index in [0.717, 1.165) is 0 Å². The van der Waals surface area contributed by atoms with E-state index in [1.165, 1.54) is 19.2 Å². The van der Waals surface area contributed by atoms with Crippen LogP contribution in [0.25, 0.3) is 0 Å². The van der Waals surface area contributed by atoms with Crippen LogP contribution < -0.4 is 4.74 Å². The molecule has 0 spiro atoms. The molecule has 1 aliphatic heterocycles. The molecule has 0 saturated carbocycles. The van der Waals surface area contributed by atoms with Crippen molar-refractivity contribution in [3.8, 4) is 11.5 Å². The van der Waals surface area contributed by atoms with Crippen molar-refractivity contribution in [1.82, 2.24) is 0 Å². The molecule has 0 bridgehead atoms. The van der Waals surface area contributed by atoms with Crippen molar-refractivity contribution in [1.29, 1.82) is 0 Å². The molecule has 0 aromatic heterocycles. The molecule has 1 heterocycles. The van der Waals surface area contributed by atoms with E-state index in [-0.39, 0.29) is 10.6 Å². The van der Waals surface area contributed by atoms with Crippen molar-refractivity contribution in [2.75, 3.05) is 26.1 Å². The lowest BCUT2D eigenvalue weighted by Gasteiger charge is -2.33. The van der Waals surface area contributed by atoms with Crippen molar-refractivity contribution < 1.29 is 27.4 Å². The number of ether oxygens (including phenoxy) is 3. The number of hydrogen-bond acceptors (Lipinski definition) is 6. The lowest BCUT2D eigenvalue weighted by Crippen LogP contribution is -2.43. The topological polar surface area (TPSA) is 78.9 Å². The Morgan fingerprint density at radius 1 is 1.04 bits per heavy atom. The zero-order chi connectivity index (χ0) is 20.2. The van der Waals surface area contributed by atoms with E-state index >= 15 is 0 Å². The number of carbonyl (C=O) groups excluding carboxylic acids is 1. The molecule has 1 saturated heterocycles. The molecular formula is C20H21ClO6S. The van der Waals surface area contributed by atoms with Gasteiger partial charge in [0.05, 0.1) is 23.2 Å². The van der Waals surface area contributed by atoms with Gasteiger partial charge in [-0.3, -0.25) is 4.79 Å². The fourth-order valence-corrected chi connectivity index (χ4v) is 5.16. The van der Waals surface area contributed by atoms with Crippen LogP contribution in [0.1, 0.15) is 12.8 Å².